The molecule has 2 atom stereocenters. The number of hydrogen-bond donors (Lipinski definition) is 2. The van der Waals surface area contributed by atoms with Crippen molar-refractivity contribution in [1.82, 2.24) is 29.9 Å². The minimum Gasteiger partial charge on any atom is -0.480 e. The van der Waals surface area contributed by atoms with Gasteiger partial charge in [0.05, 0.1) is 42.4 Å². The maximum Gasteiger partial charge on any atom is 0.412 e. The van der Waals surface area contributed by atoms with E-state index in [1.54, 1.807) is 13.8 Å². The molecule has 0 aliphatic heterocycles. The Kier molecular flexibility index (Phi) is 7.52. The second-order valence-electron chi connectivity index (χ2n) is 8.87. The van der Waals surface area contributed by atoms with Crippen molar-refractivity contribution in [1.29, 1.82) is 0 Å². The zero-order valence-electron chi connectivity index (χ0n) is 22.1. The highest BCUT2D eigenvalue weighted by molar-refractivity contribution is 7.21. The highest BCUT2D eigenvalue weighted by Crippen LogP contribution is 2.35. The molecule has 4 aromatic heterocycles. The number of fused-ring (bicyclic) bond motifs is 2. The molecule has 0 bridgehead atoms. The number of halogens is 1. The van der Waals surface area contributed by atoms with Gasteiger partial charge in [0.2, 0.25) is 11.7 Å². The molecule has 0 saturated heterocycles. The molecule has 5 rings (SSSR count). The number of ether oxygens (including phenoxy) is 3. The first-order chi connectivity index (χ1) is 19.6. The SMILES string of the molecule is COc1cnc2c(-c3nc4cc(F)c(O[C@@H](C)[C@@H](C)OC(=O)Nc5cnc(C(=O)O)nc5)nc4s3)cc(C)cc2n1. The van der Waals surface area contributed by atoms with Gasteiger partial charge in [0.1, 0.15) is 27.6 Å². The molecule has 0 radical (unpaired) electrons. The summed E-state index contributed by atoms with van der Waals surface area (Å²) in [6, 6.07) is 5.04. The molecule has 0 saturated carbocycles. The lowest BCUT2D eigenvalue weighted by molar-refractivity contribution is 0.0379. The Bertz CT molecular complexity index is 1780. The second-order valence-corrected chi connectivity index (χ2v) is 9.85. The van der Waals surface area contributed by atoms with Crippen molar-refractivity contribution in [2.75, 3.05) is 12.4 Å². The smallest absolute Gasteiger partial charge is 0.412 e. The standard InChI is InChI=1S/C26H22FN7O6S/c1-11-5-15(20-17(6-11)32-19(38-4)10-28-20)23-33-18-7-16(27)22(34-24(18)41-23)39-12(2)13(3)40-26(37)31-14-8-29-21(25(35)36)30-9-14/h5-10,12-13H,1-4H3,(H,31,37)(H,35,36)/t12-,13+/m0/s1. The zero-order chi connectivity index (χ0) is 29.3. The van der Waals surface area contributed by atoms with E-state index in [1.165, 1.54) is 30.7 Å². The first kappa shape index (κ1) is 27.5. The van der Waals surface area contributed by atoms with Gasteiger partial charge < -0.3 is 19.3 Å². The van der Waals surface area contributed by atoms with E-state index in [2.05, 4.69) is 35.2 Å². The number of carbonyl (C=O) groups excluding carboxylic acids is 1. The van der Waals surface area contributed by atoms with Crippen molar-refractivity contribution in [3.8, 4) is 22.3 Å². The second kappa shape index (κ2) is 11.2. The van der Waals surface area contributed by atoms with Crippen LogP contribution < -0.4 is 14.8 Å². The fourth-order valence-electron chi connectivity index (χ4n) is 3.72. The minimum atomic E-state index is -1.30. The Morgan fingerprint density at radius 1 is 1.00 bits per heavy atom. The van der Waals surface area contributed by atoms with E-state index in [1.807, 2.05) is 19.1 Å². The molecular formula is C26H22FN7O6S. The third-order valence-corrected chi connectivity index (χ3v) is 6.85. The summed E-state index contributed by atoms with van der Waals surface area (Å²) in [7, 11) is 1.52. The van der Waals surface area contributed by atoms with E-state index in [-0.39, 0.29) is 11.6 Å². The molecule has 0 aliphatic rings. The largest absolute Gasteiger partial charge is 0.480 e. The lowest BCUT2D eigenvalue weighted by Crippen LogP contribution is -2.33. The molecule has 41 heavy (non-hydrogen) atoms. The highest BCUT2D eigenvalue weighted by atomic mass is 32.1. The first-order valence-electron chi connectivity index (χ1n) is 12.1. The number of nitrogens with zero attached hydrogens (tertiary/aromatic N) is 6. The lowest BCUT2D eigenvalue weighted by Gasteiger charge is -2.21. The molecule has 0 fully saturated rings. The van der Waals surface area contributed by atoms with Gasteiger partial charge in [0, 0.05) is 11.6 Å². The number of methoxy groups -OCH3 is 1. The van der Waals surface area contributed by atoms with Crippen LogP contribution in [0.25, 0.3) is 32.0 Å². The Hall–Kier alpha value is -5.05. The van der Waals surface area contributed by atoms with Crippen LogP contribution in [0.4, 0.5) is 14.9 Å². The number of nitrogens with one attached hydrogen (secondary N) is 1. The minimum absolute atomic E-state index is 0.131. The fourth-order valence-corrected chi connectivity index (χ4v) is 4.65. The number of hydrogen-bond acceptors (Lipinski definition) is 12. The summed E-state index contributed by atoms with van der Waals surface area (Å²) in [5.74, 6) is -2.33. The van der Waals surface area contributed by atoms with E-state index in [9.17, 15) is 14.0 Å². The number of carboxylic acid groups (broad SMARTS) is 1. The summed E-state index contributed by atoms with van der Waals surface area (Å²) in [6.07, 6.45) is 1.31. The van der Waals surface area contributed by atoms with Crippen LogP contribution in [0, 0.1) is 12.7 Å². The van der Waals surface area contributed by atoms with Crippen molar-refractivity contribution >= 4 is 50.5 Å². The maximum atomic E-state index is 15.0. The first-order valence-corrected chi connectivity index (χ1v) is 12.9. The zero-order valence-corrected chi connectivity index (χ0v) is 22.9. The van der Waals surface area contributed by atoms with Gasteiger partial charge in [-0.3, -0.25) is 5.32 Å². The predicted molar refractivity (Wildman–Crippen MR) is 146 cm³/mol. The molecule has 0 aliphatic carbocycles. The van der Waals surface area contributed by atoms with Crippen LogP contribution in [0.15, 0.2) is 36.8 Å². The summed E-state index contributed by atoms with van der Waals surface area (Å²) in [4.78, 5) is 48.6. The number of amides is 1. The fraction of sp³-hybridized carbons (Fsp3) is 0.231. The summed E-state index contributed by atoms with van der Waals surface area (Å²) < 4.78 is 31.1. The summed E-state index contributed by atoms with van der Waals surface area (Å²) >= 11 is 1.24. The summed E-state index contributed by atoms with van der Waals surface area (Å²) in [5.41, 5.74) is 3.40. The van der Waals surface area contributed by atoms with Gasteiger partial charge in [-0.15, -0.1) is 0 Å². The lowest BCUT2D eigenvalue weighted by atomic mass is 10.1. The van der Waals surface area contributed by atoms with Crippen LogP contribution >= 0.6 is 11.3 Å². The van der Waals surface area contributed by atoms with E-state index in [4.69, 9.17) is 19.3 Å². The van der Waals surface area contributed by atoms with Crippen LogP contribution in [0.2, 0.25) is 0 Å². The van der Waals surface area contributed by atoms with Gasteiger partial charge in [-0.05, 0) is 38.5 Å². The Balaban J connectivity index is 1.31. The number of carboxylic acids is 1. The van der Waals surface area contributed by atoms with Gasteiger partial charge >= 0.3 is 12.1 Å². The van der Waals surface area contributed by atoms with Gasteiger partial charge in [0.25, 0.3) is 5.88 Å². The normalized spacial score (nSPS) is 12.6. The third-order valence-electron chi connectivity index (χ3n) is 5.85. The van der Waals surface area contributed by atoms with Gasteiger partial charge in [-0.1, -0.05) is 11.3 Å². The van der Waals surface area contributed by atoms with Gasteiger partial charge in [-0.25, -0.2) is 38.9 Å². The van der Waals surface area contributed by atoms with Crippen molar-refractivity contribution in [2.45, 2.75) is 33.0 Å². The Labute approximate surface area is 235 Å². The number of aromatic carboxylic acids is 1. The average molecular weight is 580 g/mol. The molecular weight excluding hydrogens is 557 g/mol. The molecule has 2 N–H and O–H groups in total. The molecule has 15 heteroatoms. The summed E-state index contributed by atoms with van der Waals surface area (Å²) in [6.45, 7) is 5.08. The number of benzene rings is 1. The van der Waals surface area contributed by atoms with E-state index in [0.29, 0.717) is 32.3 Å². The van der Waals surface area contributed by atoms with E-state index < -0.39 is 35.9 Å². The molecule has 1 amide bonds. The Morgan fingerprint density at radius 2 is 1.76 bits per heavy atom. The number of rotatable bonds is 8. The van der Waals surface area contributed by atoms with Crippen LogP contribution in [0.1, 0.15) is 30.0 Å². The Morgan fingerprint density at radius 3 is 2.46 bits per heavy atom. The number of pyridine rings is 1. The molecule has 0 spiro atoms. The number of carbonyl (C=O) groups is 2. The van der Waals surface area contributed by atoms with Gasteiger partial charge in [-0.2, -0.15) is 4.98 Å². The number of thiazole rings is 1. The van der Waals surface area contributed by atoms with Crippen LogP contribution in [-0.2, 0) is 4.74 Å². The number of aromatic nitrogens is 6. The molecule has 13 nitrogen and oxygen atoms in total. The van der Waals surface area contributed by atoms with Crippen LogP contribution in [0.3, 0.4) is 0 Å². The molecule has 1 aromatic carbocycles. The summed E-state index contributed by atoms with van der Waals surface area (Å²) in [5, 5.41) is 11.8. The molecule has 5 aromatic rings. The molecule has 210 valence electrons. The number of anilines is 1. The highest BCUT2D eigenvalue weighted by Gasteiger charge is 2.23. The topological polar surface area (TPSA) is 171 Å². The average Bonchev–Trinajstić information content (AvgIpc) is 3.34. The predicted octanol–water partition coefficient (Wildman–Crippen LogP) is 4.65. The van der Waals surface area contributed by atoms with Crippen molar-refractivity contribution < 1.29 is 33.3 Å². The quantitative estimate of drug-likeness (QED) is 0.261. The monoisotopic (exact) mass is 579 g/mol. The van der Waals surface area contributed by atoms with Crippen molar-refractivity contribution in [3.63, 3.8) is 0 Å². The van der Waals surface area contributed by atoms with Crippen molar-refractivity contribution in [3.05, 3.63) is 54.0 Å². The van der Waals surface area contributed by atoms with Gasteiger partial charge in [0.15, 0.2) is 5.82 Å². The molecule has 4 heterocycles. The van der Waals surface area contributed by atoms with Crippen LogP contribution in [0.5, 0.6) is 11.8 Å². The maximum absolute atomic E-state index is 15.0. The van der Waals surface area contributed by atoms with E-state index in [0.717, 1.165) is 23.5 Å². The third kappa shape index (κ3) is 5.94. The molecule has 0 unspecified atom stereocenters. The van der Waals surface area contributed by atoms with Crippen LogP contribution in [-0.4, -0.2) is 66.4 Å². The van der Waals surface area contributed by atoms with E-state index >= 15 is 0 Å². The number of aryl methyl sites for hydroxylation is 1. The van der Waals surface area contributed by atoms with Crippen molar-refractivity contribution in [2.24, 2.45) is 0 Å².